The van der Waals surface area contributed by atoms with E-state index < -0.39 is 0 Å². The quantitative estimate of drug-likeness (QED) is 0.0797. The average molecular weight is 1250 g/mol. The van der Waals surface area contributed by atoms with Crippen LogP contribution >= 0.6 is 34.8 Å². The third kappa shape index (κ3) is 14.3. The number of amides is 2. The van der Waals surface area contributed by atoms with E-state index >= 15 is 0 Å². The number of carbonyl (C=O) groups is 5. The van der Waals surface area contributed by atoms with E-state index in [1.54, 1.807) is 11.6 Å². The normalized spacial score (nSPS) is 20.2. The van der Waals surface area contributed by atoms with Crippen molar-refractivity contribution in [2.24, 2.45) is 11.8 Å². The van der Waals surface area contributed by atoms with E-state index in [-0.39, 0.29) is 182 Å². The van der Waals surface area contributed by atoms with Crippen molar-refractivity contribution in [1.82, 2.24) is 29.8 Å². The molecule has 2 aliphatic heterocycles. The van der Waals surface area contributed by atoms with Gasteiger partial charge in [0.05, 0.1) is 13.2 Å². The van der Waals surface area contributed by atoms with Gasteiger partial charge in [-0.25, -0.2) is 9.59 Å². The summed E-state index contributed by atoms with van der Waals surface area (Å²) in [5.74, 6) is 2.88. The molecule has 4 aliphatic carbocycles. The Morgan fingerprint density at radius 2 is 1.25 bits per heavy atom. The van der Waals surface area contributed by atoms with E-state index in [1.807, 2.05) is 41.0 Å². The molecule has 0 unspecified atom stereocenters. The van der Waals surface area contributed by atoms with Crippen LogP contribution in [0, 0.1) is 25.7 Å². The van der Waals surface area contributed by atoms with E-state index in [9.17, 15) is 19.2 Å². The van der Waals surface area contributed by atoms with Crippen LogP contribution in [0.15, 0.2) is 36.4 Å². The maximum absolute atomic E-state index is 13.1. The average Bonchev–Trinajstić information content (AvgIpc) is 4.06. The fourth-order valence-electron chi connectivity index (χ4n) is 10.4. The number of nitrogens with one attached hydrogen (secondary N) is 1. The Bertz CT molecular complexity index is 2460. The molecule has 4 heterocycles. The molecule has 0 radical (unpaired) electrons. The molecule has 4 atom stereocenters. The number of carbonyl (C=O) groups excluding carboxylic acids is 5. The number of aromatic amines is 1. The number of likely N-dealkylation sites (tertiary alicyclic amines) is 2. The molecular formula is C49H59Cl3Cs2N6O9. The Hall–Kier alpha value is -0.856. The summed E-state index contributed by atoms with van der Waals surface area (Å²) in [5.41, 5.74) is 10.2. The van der Waals surface area contributed by atoms with Gasteiger partial charge in [-0.2, -0.15) is 10.2 Å². The Balaban J connectivity index is 0.000000233. The zero-order valence-electron chi connectivity index (χ0n) is 41.4. The molecule has 2 saturated carbocycles. The maximum Gasteiger partial charge on any atom is 1.00 e. The van der Waals surface area contributed by atoms with E-state index in [4.69, 9.17) is 54.3 Å². The molecule has 2 amide bonds. The fraction of sp³-hybridized carbons (Fsp3) is 0.531. The summed E-state index contributed by atoms with van der Waals surface area (Å²) in [5, 5.41) is 21.6. The Morgan fingerprint density at radius 1 is 0.768 bits per heavy atom. The summed E-state index contributed by atoms with van der Waals surface area (Å²) in [6, 6.07) is 12.2. The van der Waals surface area contributed by atoms with Crippen LogP contribution in [0.4, 0.5) is 0 Å². The van der Waals surface area contributed by atoms with Gasteiger partial charge in [0.15, 0.2) is 11.4 Å². The second-order valence-corrected chi connectivity index (χ2v) is 19.0. The van der Waals surface area contributed by atoms with Gasteiger partial charge in [-0.1, -0.05) is 47.5 Å². The fourth-order valence-corrected chi connectivity index (χ4v) is 10.9. The standard InChI is InChI=1S/C24H28ClN3O3.C14H17Cl2NO.C10H12N2O2.CH2O3.2Cs.H/c1-3-31-24(30)23-22-18-11-16(18)12-20(22)28(26-23)13-21(29)27-9-7-15(8-10-27)17-5-4-6-19(25)14(17)2;1-10-12(3-2-4-13(10)16)11-5-7-17(8-6-11)14(18)9-15;1-2-14-10(13)9-8-6-3-5(6)4-7(8)11-12-9;2-1-4-3;;;/h4-6,15-16,18H,3,7-13H2,1-2H3;2-4,11H,5-9H2,1H3;5-6H,2-4H2,1H3,(H,11,12);1,3H;;;/q;;;;2*+1;-1/p-1/t16-,18-;;5-,6-;;;;/m1.1..../s1. The zero-order valence-corrected chi connectivity index (χ0v) is 55.2. The number of hydrogen-bond donors (Lipinski definition) is 1. The molecule has 2 aromatic carbocycles. The van der Waals surface area contributed by atoms with Crippen LogP contribution in [0.5, 0.6) is 0 Å². The first-order valence-corrected chi connectivity index (χ1v) is 24.5. The smallest absolute Gasteiger partial charge is 1.00 e. The van der Waals surface area contributed by atoms with Gasteiger partial charge in [0.1, 0.15) is 12.4 Å². The summed E-state index contributed by atoms with van der Waals surface area (Å²) in [6.45, 7) is 11.5. The largest absolute Gasteiger partial charge is 1.00 e. The number of halogens is 3. The minimum Gasteiger partial charge on any atom is -1.00 e. The predicted octanol–water partition coefficient (Wildman–Crippen LogP) is 1.48. The van der Waals surface area contributed by atoms with Crippen LogP contribution in [0.2, 0.25) is 10.0 Å². The minimum absolute atomic E-state index is 0. The molecule has 15 nitrogen and oxygen atoms in total. The number of benzene rings is 2. The number of esters is 2. The number of alkyl halides is 1. The van der Waals surface area contributed by atoms with Crippen LogP contribution in [0.1, 0.15) is 143 Å². The van der Waals surface area contributed by atoms with Crippen LogP contribution in [-0.4, -0.2) is 105 Å². The molecule has 4 aromatic rings. The molecule has 362 valence electrons. The van der Waals surface area contributed by atoms with Gasteiger partial charge in [-0.15, -0.1) is 11.6 Å². The van der Waals surface area contributed by atoms with Gasteiger partial charge < -0.3 is 30.8 Å². The second kappa shape index (κ2) is 27.6. The van der Waals surface area contributed by atoms with Crippen molar-refractivity contribution >= 4 is 65.0 Å². The van der Waals surface area contributed by atoms with E-state index in [2.05, 4.69) is 46.2 Å². The molecule has 69 heavy (non-hydrogen) atoms. The molecule has 6 aliphatic rings. The topological polar surface area (TPSA) is 189 Å². The summed E-state index contributed by atoms with van der Waals surface area (Å²) >= 11 is 18.0. The van der Waals surface area contributed by atoms with Crippen LogP contribution in [0.25, 0.3) is 0 Å². The van der Waals surface area contributed by atoms with Gasteiger partial charge in [-0.05, 0) is 149 Å². The number of rotatable bonds is 10. The summed E-state index contributed by atoms with van der Waals surface area (Å²) in [7, 11) is 0. The number of piperidine rings is 2. The first-order valence-electron chi connectivity index (χ1n) is 23.2. The summed E-state index contributed by atoms with van der Waals surface area (Å²) in [4.78, 5) is 63.5. The van der Waals surface area contributed by atoms with E-state index in [1.165, 1.54) is 23.1 Å². The Kier molecular flexibility index (Phi) is 23.6. The van der Waals surface area contributed by atoms with Crippen molar-refractivity contribution in [2.45, 2.75) is 109 Å². The molecular weight excluding hydrogens is 1190 g/mol. The summed E-state index contributed by atoms with van der Waals surface area (Å²) in [6.07, 6.45) is 8.16. The zero-order chi connectivity index (χ0) is 47.9. The molecule has 0 spiro atoms. The van der Waals surface area contributed by atoms with E-state index in [0.29, 0.717) is 54.2 Å². The molecule has 4 fully saturated rings. The van der Waals surface area contributed by atoms with Crippen molar-refractivity contribution in [2.75, 3.05) is 45.3 Å². The predicted molar refractivity (Wildman–Crippen MR) is 250 cm³/mol. The maximum atomic E-state index is 13.1. The second-order valence-electron chi connectivity index (χ2n) is 17.9. The number of fused-ring (bicyclic) bond motifs is 6. The first-order chi connectivity index (χ1) is 32.3. The van der Waals surface area contributed by atoms with Crippen molar-refractivity contribution in [3.63, 3.8) is 0 Å². The van der Waals surface area contributed by atoms with E-state index in [0.717, 1.165) is 115 Å². The monoisotopic (exact) mass is 1250 g/mol. The molecule has 20 heteroatoms. The molecule has 0 bridgehead atoms. The van der Waals surface area contributed by atoms with Gasteiger partial charge in [-0.3, -0.25) is 24.2 Å². The Morgan fingerprint density at radius 3 is 1.74 bits per heavy atom. The van der Waals surface area contributed by atoms with Crippen LogP contribution in [0.3, 0.4) is 0 Å². The number of H-pyrrole nitrogens is 1. The van der Waals surface area contributed by atoms with Crippen molar-refractivity contribution in [3.8, 4) is 0 Å². The van der Waals surface area contributed by atoms with Crippen molar-refractivity contribution < 1.29 is 183 Å². The van der Waals surface area contributed by atoms with Crippen LogP contribution < -0.4 is 143 Å². The number of ether oxygens (including phenoxy) is 2. The number of aromatic nitrogens is 4. The molecule has 2 aromatic heterocycles. The first kappa shape index (κ1) is 59.0. The van der Waals surface area contributed by atoms with Crippen LogP contribution in [-0.2, 0) is 48.1 Å². The van der Waals surface area contributed by atoms with Gasteiger partial charge in [0.25, 0.3) is 6.47 Å². The molecule has 10 rings (SSSR count). The third-order valence-corrected chi connectivity index (χ3v) is 15.1. The third-order valence-electron chi connectivity index (χ3n) is 14.1. The van der Waals surface area contributed by atoms with Crippen molar-refractivity contribution in [1.29, 1.82) is 0 Å². The SMILES string of the molecule is CCOC(=O)c1n[nH]c2c1[C@@H]1C[C@@H]1C2.CCOC(=O)c1nn(CC(=O)N2CCC(c3cccc(Cl)c3C)CC2)c2c1[C@@H]1C[C@@H]1C2.Cc1c(Cl)cccc1C1CCN(C(=O)CCl)CC1.O=CO[O-].[Cs+].[Cs+].[H-]. The van der Waals surface area contributed by atoms with Gasteiger partial charge in [0, 0.05) is 58.7 Å². The molecule has 2 saturated heterocycles. The molecule has 1 N–H and O–H groups in total. The number of nitrogens with zero attached hydrogens (tertiary/aromatic N) is 5. The van der Waals surface area contributed by atoms with Crippen molar-refractivity contribution in [3.05, 3.63) is 103 Å². The summed E-state index contributed by atoms with van der Waals surface area (Å²) < 4.78 is 11.9. The van der Waals surface area contributed by atoms with Gasteiger partial charge in [0.2, 0.25) is 11.8 Å². The Labute approximate surface area is 537 Å². The number of hydrogen-bond acceptors (Lipinski definition) is 11. The minimum atomic E-state index is -0.366. The van der Waals surface area contributed by atoms with Gasteiger partial charge >= 0.3 is 150 Å².